The number of anilines is 1. The van der Waals surface area contributed by atoms with Gasteiger partial charge in [-0.15, -0.1) is 0 Å². The number of nitrogens with two attached hydrogens (primary N) is 1. The predicted octanol–water partition coefficient (Wildman–Crippen LogP) is 2.66. The monoisotopic (exact) mass is 332 g/mol. The largest absolute Gasteiger partial charge is 0.465 e. The van der Waals surface area contributed by atoms with E-state index in [1.165, 1.54) is 26.4 Å². The maximum Gasteiger partial charge on any atom is 0.340 e. The van der Waals surface area contributed by atoms with Gasteiger partial charge in [0, 0.05) is 16.8 Å². The Labute approximate surface area is 138 Å². The third-order valence-electron chi connectivity index (χ3n) is 3.60. The molecule has 1 heterocycles. The zero-order valence-electron chi connectivity index (χ0n) is 13.8. The number of hydrogen-bond donors (Lipinski definition) is 1. The van der Waals surface area contributed by atoms with Crippen LogP contribution in [0.2, 0.25) is 0 Å². The van der Waals surface area contributed by atoms with E-state index in [9.17, 15) is 14.0 Å². The van der Waals surface area contributed by atoms with E-state index in [0.717, 1.165) is 6.07 Å². The van der Waals surface area contributed by atoms with Crippen LogP contribution in [0.15, 0.2) is 18.2 Å². The molecular formula is C17H17FN2O4. The fourth-order valence-electron chi connectivity index (χ4n) is 2.56. The Morgan fingerprint density at radius 2 is 1.54 bits per heavy atom. The van der Waals surface area contributed by atoms with Crippen LogP contribution in [-0.2, 0) is 9.47 Å². The van der Waals surface area contributed by atoms with Crippen molar-refractivity contribution in [1.82, 2.24) is 4.98 Å². The van der Waals surface area contributed by atoms with Gasteiger partial charge in [0.1, 0.15) is 5.82 Å². The number of methoxy groups -OCH3 is 2. The lowest BCUT2D eigenvalue weighted by Crippen LogP contribution is -2.16. The molecule has 2 aromatic rings. The van der Waals surface area contributed by atoms with Crippen LogP contribution in [0.3, 0.4) is 0 Å². The predicted molar refractivity (Wildman–Crippen MR) is 86.2 cm³/mol. The van der Waals surface area contributed by atoms with Gasteiger partial charge in [0.25, 0.3) is 0 Å². The maximum atomic E-state index is 14.4. The number of halogens is 1. The number of carbonyl (C=O) groups is 2. The molecule has 0 fully saturated rings. The highest BCUT2D eigenvalue weighted by Gasteiger charge is 2.28. The minimum absolute atomic E-state index is 0.00407. The quantitative estimate of drug-likeness (QED) is 0.686. The molecule has 0 spiro atoms. The minimum atomic E-state index is -0.734. The van der Waals surface area contributed by atoms with Crippen molar-refractivity contribution < 1.29 is 23.5 Å². The summed E-state index contributed by atoms with van der Waals surface area (Å²) in [5.74, 6) is -2.10. The van der Waals surface area contributed by atoms with Crippen LogP contribution in [0.25, 0.3) is 11.1 Å². The van der Waals surface area contributed by atoms with Crippen molar-refractivity contribution >= 4 is 17.6 Å². The molecule has 0 saturated carbocycles. The fraction of sp³-hybridized carbons (Fsp3) is 0.235. The van der Waals surface area contributed by atoms with E-state index < -0.39 is 17.8 Å². The van der Waals surface area contributed by atoms with Crippen molar-refractivity contribution in [3.8, 4) is 11.1 Å². The molecule has 2 rings (SSSR count). The van der Waals surface area contributed by atoms with Crippen molar-refractivity contribution in [3.63, 3.8) is 0 Å². The SMILES string of the molecule is COC(=O)c1c(C)nc(C)c(C(=O)OC)c1-c1cc(N)ccc1F. The van der Waals surface area contributed by atoms with Crippen LogP contribution in [0.1, 0.15) is 32.1 Å². The van der Waals surface area contributed by atoms with Gasteiger partial charge in [-0.3, -0.25) is 4.98 Å². The molecule has 0 aliphatic carbocycles. The Hall–Kier alpha value is -2.96. The summed E-state index contributed by atoms with van der Waals surface area (Å²) in [5.41, 5.74) is 6.69. The normalized spacial score (nSPS) is 10.4. The number of carbonyl (C=O) groups excluding carboxylic acids is 2. The Morgan fingerprint density at radius 3 is 2.00 bits per heavy atom. The Bertz CT molecular complexity index is 794. The molecule has 6 nitrogen and oxygen atoms in total. The molecule has 24 heavy (non-hydrogen) atoms. The van der Waals surface area contributed by atoms with Gasteiger partial charge in [0.15, 0.2) is 0 Å². The Morgan fingerprint density at radius 1 is 1.04 bits per heavy atom. The number of rotatable bonds is 3. The first-order valence-electron chi connectivity index (χ1n) is 7.05. The first-order chi connectivity index (χ1) is 11.3. The number of nitrogens with zero attached hydrogens (tertiary/aromatic N) is 1. The van der Waals surface area contributed by atoms with Crippen molar-refractivity contribution in [2.75, 3.05) is 20.0 Å². The second kappa shape index (κ2) is 6.66. The van der Waals surface area contributed by atoms with Gasteiger partial charge in [0.05, 0.1) is 36.7 Å². The van der Waals surface area contributed by atoms with Crippen LogP contribution in [-0.4, -0.2) is 31.1 Å². The van der Waals surface area contributed by atoms with Gasteiger partial charge in [-0.1, -0.05) is 0 Å². The number of esters is 2. The van der Waals surface area contributed by atoms with E-state index in [1.54, 1.807) is 13.8 Å². The summed E-state index contributed by atoms with van der Waals surface area (Å²) in [6.07, 6.45) is 0. The molecule has 2 N–H and O–H groups in total. The molecule has 0 saturated heterocycles. The molecule has 0 aliphatic heterocycles. The standard InChI is InChI=1S/C17H17FN2O4/c1-8-13(16(21)23-3)15(11-7-10(19)5-6-12(11)18)14(9(2)20-8)17(22)24-4/h5-7H,19H2,1-4H3. The highest BCUT2D eigenvalue weighted by Crippen LogP contribution is 2.35. The molecule has 1 aromatic heterocycles. The molecule has 0 unspecified atom stereocenters. The zero-order chi connectivity index (χ0) is 18.0. The number of benzene rings is 1. The number of ether oxygens (including phenoxy) is 2. The van der Waals surface area contributed by atoms with E-state index in [-0.39, 0.29) is 27.9 Å². The number of pyridine rings is 1. The third-order valence-corrected chi connectivity index (χ3v) is 3.60. The van der Waals surface area contributed by atoms with Crippen molar-refractivity contribution in [2.45, 2.75) is 13.8 Å². The van der Waals surface area contributed by atoms with Gasteiger partial charge >= 0.3 is 11.9 Å². The highest BCUT2D eigenvalue weighted by molar-refractivity contribution is 6.07. The molecule has 0 radical (unpaired) electrons. The zero-order valence-corrected chi connectivity index (χ0v) is 13.8. The number of aryl methyl sites for hydroxylation is 2. The summed E-state index contributed by atoms with van der Waals surface area (Å²) in [7, 11) is 2.39. The summed E-state index contributed by atoms with van der Waals surface area (Å²) < 4.78 is 24.0. The van der Waals surface area contributed by atoms with Crippen LogP contribution in [0.4, 0.5) is 10.1 Å². The molecule has 0 bridgehead atoms. The second-order valence-electron chi connectivity index (χ2n) is 5.13. The van der Waals surface area contributed by atoms with Gasteiger partial charge < -0.3 is 15.2 Å². The van der Waals surface area contributed by atoms with Gasteiger partial charge in [0.2, 0.25) is 0 Å². The Balaban J connectivity index is 3.00. The van der Waals surface area contributed by atoms with Crippen LogP contribution >= 0.6 is 0 Å². The summed E-state index contributed by atoms with van der Waals surface area (Å²) in [5, 5.41) is 0. The van der Waals surface area contributed by atoms with Crippen LogP contribution < -0.4 is 5.73 Å². The highest BCUT2D eigenvalue weighted by atomic mass is 19.1. The Kier molecular flexibility index (Phi) is 4.82. The summed E-state index contributed by atoms with van der Waals surface area (Å²) in [6, 6.07) is 3.90. The van der Waals surface area contributed by atoms with Crippen molar-refractivity contribution in [1.29, 1.82) is 0 Å². The molecule has 0 atom stereocenters. The van der Waals surface area contributed by atoms with E-state index in [0.29, 0.717) is 11.4 Å². The average Bonchev–Trinajstić information content (AvgIpc) is 2.55. The van der Waals surface area contributed by atoms with Gasteiger partial charge in [-0.05, 0) is 32.0 Å². The molecular weight excluding hydrogens is 315 g/mol. The summed E-state index contributed by atoms with van der Waals surface area (Å²) >= 11 is 0. The molecule has 0 amide bonds. The lowest BCUT2D eigenvalue weighted by Gasteiger charge is -2.17. The average molecular weight is 332 g/mol. The number of hydrogen-bond acceptors (Lipinski definition) is 6. The maximum absolute atomic E-state index is 14.4. The van der Waals surface area contributed by atoms with Crippen LogP contribution in [0, 0.1) is 19.7 Å². The van der Waals surface area contributed by atoms with Crippen molar-refractivity contribution in [3.05, 3.63) is 46.5 Å². The fourth-order valence-corrected chi connectivity index (χ4v) is 2.56. The second-order valence-corrected chi connectivity index (χ2v) is 5.13. The lowest BCUT2D eigenvalue weighted by molar-refractivity contribution is 0.0599. The molecule has 7 heteroatoms. The number of nitrogen functional groups attached to an aromatic ring is 1. The molecule has 0 aliphatic rings. The van der Waals surface area contributed by atoms with E-state index in [4.69, 9.17) is 15.2 Å². The molecule has 1 aromatic carbocycles. The number of aromatic nitrogens is 1. The smallest absolute Gasteiger partial charge is 0.340 e. The van der Waals surface area contributed by atoms with Crippen molar-refractivity contribution in [2.24, 2.45) is 0 Å². The van der Waals surface area contributed by atoms with E-state index in [2.05, 4.69) is 4.98 Å². The topological polar surface area (TPSA) is 91.5 Å². The summed E-state index contributed by atoms with van der Waals surface area (Å²) in [4.78, 5) is 28.7. The lowest BCUT2D eigenvalue weighted by atomic mass is 9.92. The first-order valence-corrected chi connectivity index (χ1v) is 7.05. The third kappa shape index (κ3) is 2.92. The van der Waals surface area contributed by atoms with Gasteiger partial charge in [-0.2, -0.15) is 0 Å². The molecule has 126 valence electrons. The van der Waals surface area contributed by atoms with E-state index in [1.807, 2.05) is 0 Å². The van der Waals surface area contributed by atoms with Gasteiger partial charge in [-0.25, -0.2) is 14.0 Å². The minimum Gasteiger partial charge on any atom is -0.465 e. The first kappa shape index (κ1) is 17.4. The van der Waals surface area contributed by atoms with Crippen LogP contribution in [0.5, 0.6) is 0 Å². The van der Waals surface area contributed by atoms with E-state index >= 15 is 0 Å². The summed E-state index contributed by atoms with van der Waals surface area (Å²) in [6.45, 7) is 3.15.